The van der Waals surface area contributed by atoms with Gasteiger partial charge in [0.1, 0.15) is 11.9 Å². The van der Waals surface area contributed by atoms with Crippen molar-refractivity contribution in [2.24, 2.45) is 17.8 Å². The van der Waals surface area contributed by atoms with E-state index < -0.39 is 0 Å². The molecule has 5 nitrogen and oxygen atoms in total. The molecule has 2 heterocycles. The lowest BCUT2D eigenvalue weighted by Crippen LogP contribution is -2.22. The van der Waals surface area contributed by atoms with Crippen LogP contribution < -0.4 is 5.32 Å². The summed E-state index contributed by atoms with van der Waals surface area (Å²) in [7, 11) is 0. The lowest BCUT2D eigenvalue weighted by atomic mass is 9.98. The van der Waals surface area contributed by atoms with Crippen molar-refractivity contribution in [1.82, 2.24) is 4.98 Å². The lowest BCUT2D eigenvalue weighted by molar-refractivity contribution is 0.112. The molecule has 4 rings (SSSR count). The van der Waals surface area contributed by atoms with E-state index in [0.29, 0.717) is 28.9 Å². The first-order valence-corrected chi connectivity index (χ1v) is 8.22. The molecule has 2 fully saturated rings. The Hall–Kier alpha value is -2.35. The van der Waals surface area contributed by atoms with Gasteiger partial charge in [0.25, 0.3) is 0 Å². The first-order valence-electron chi connectivity index (χ1n) is 8.22. The van der Waals surface area contributed by atoms with Gasteiger partial charge >= 0.3 is 0 Å². The number of anilines is 1. The van der Waals surface area contributed by atoms with Gasteiger partial charge < -0.3 is 9.73 Å². The highest BCUT2D eigenvalue weighted by atomic mass is 16.3. The van der Waals surface area contributed by atoms with E-state index in [1.165, 1.54) is 19.3 Å². The fraction of sp³-hybridized carbons (Fsp3) is 0.500. The van der Waals surface area contributed by atoms with Crippen molar-refractivity contribution in [2.45, 2.75) is 38.6 Å². The zero-order valence-electron chi connectivity index (χ0n) is 13.1. The summed E-state index contributed by atoms with van der Waals surface area (Å²) >= 11 is 0. The van der Waals surface area contributed by atoms with Crippen molar-refractivity contribution in [3.63, 3.8) is 0 Å². The molecule has 2 aromatic rings. The topological polar surface area (TPSA) is 78.9 Å². The number of fused-ring (bicyclic) bond motifs is 2. The number of nitrogens with one attached hydrogen (secondary N) is 1. The number of pyridine rings is 1. The number of hydrogen-bond acceptors (Lipinski definition) is 5. The molecule has 4 unspecified atom stereocenters. The number of carbonyl (C=O) groups is 1. The molecule has 0 amide bonds. The number of nitrogens with zero attached hydrogens (tertiary/aromatic N) is 2. The van der Waals surface area contributed by atoms with Crippen molar-refractivity contribution in [3.05, 3.63) is 23.6 Å². The molecule has 2 aliphatic carbocycles. The molecule has 0 radical (unpaired) electrons. The fourth-order valence-electron chi connectivity index (χ4n) is 4.08. The van der Waals surface area contributed by atoms with Gasteiger partial charge in [-0.1, -0.05) is 6.92 Å². The fourth-order valence-corrected chi connectivity index (χ4v) is 4.08. The predicted molar refractivity (Wildman–Crippen MR) is 86.1 cm³/mol. The van der Waals surface area contributed by atoms with Gasteiger partial charge in [0.15, 0.2) is 11.9 Å². The van der Waals surface area contributed by atoms with E-state index >= 15 is 0 Å². The van der Waals surface area contributed by atoms with Gasteiger partial charge in [-0.2, -0.15) is 5.26 Å². The smallest absolute Gasteiger partial charge is 0.215 e. The van der Waals surface area contributed by atoms with Gasteiger partial charge in [0.05, 0.1) is 11.8 Å². The Morgan fingerprint density at radius 1 is 1.35 bits per heavy atom. The standard InChI is InChI=1S/C18H19N3O2/c1-10-2-11-4-12(11)5-13(3-10)21-18-6-14-15(9-22)16(7-19)23-17(14)8-20-18/h6,8-13H,2-5H2,1H3,(H,20,21). The molecule has 2 aliphatic rings. The summed E-state index contributed by atoms with van der Waals surface area (Å²) < 4.78 is 5.36. The van der Waals surface area contributed by atoms with Gasteiger partial charge in [-0.3, -0.25) is 4.79 Å². The number of aldehydes is 1. The Kier molecular flexibility index (Phi) is 3.33. The summed E-state index contributed by atoms with van der Waals surface area (Å²) in [4.78, 5) is 15.6. The Morgan fingerprint density at radius 3 is 2.96 bits per heavy atom. The summed E-state index contributed by atoms with van der Waals surface area (Å²) in [6.45, 7) is 2.33. The van der Waals surface area contributed by atoms with Crippen molar-refractivity contribution < 1.29 is 9.21 Å². The number of aromatic nitrogens is 1. The van der Waals surface area contributed by atoms with Crippen LogP contribution in [0, 0.1) is 29.1 Å². The molecule has 0 aliphatic heterocycles. The van der Waals surface area contributed by atoms with E-state index in [1.54, 1.807) is 6.20 Å². The van der Waals surface area contributed by atoms with Gasteiger partial charge in [-0.05, 0) is 49.5 Å². The molecule has 23 heavy (non-hydrogen) atoms. The molecule has 0 aromatic carbocycles. The second-order valence-corrected chi connectivity index (χ2v) is 7.05. The molecule has 1 N–H and O–H groups in total. The monoisotopic (exact) mass is 309 g/mol. The number of nitriles is 1. The molecule has 0 bridgehead atoms. The maximum Gasteiger partial charge on any atom is 0.215 e. The third-order valence-corrected chi connectivity index (χ3v) is 5.23. The minimum absolute atomic E-state index is 0.0536. The van der Waals surface area contributed by atoms with E-state index in [4.69, 9.17) is 9.68 Å². The van der Waals surface area contributed by atoms with Crippen LogP contribution >= 0.6 is 0 Å². The Morgan fingerprint density at radius 2 is 2.17 bits per heavy atom. The zero-order valence-corrected chi connectivity index (χ0v) is 13.1. The highest BCUT2D eigenvalue weighted by molar-refractivity contribution is 5.99. The van der Waals surface area contributed by atoms with Crippen LogP contribution in [0.15, 0.2) is 16.7 Å². The number of rotatable bonds is 3. The van der Waals surface area contributed by atoms with Gasteiger partial charge in [-0.15, -0.1) is 0 Å². The lowest BCUT2D eigenvalue weighted by Gasteiger charge is -2.20. The van der Waals surface area contributed by atoms with Crippen molar-refractivity contribution in [2.75, 3.05) is 5.32 Å². The first-order chi connectivity index (χ1) is 11.2. The average molecular weight is 309 g/mol. The predicted octanol–water partition coefficient (Wildman–Crippen LogP) is 3.75. The summed E-state index contributed by atoms with van der Waals surface area (Å²) in [5.41, 5.74) is 0.787. The van der Waals surface area contributed by atoms with Gasteiger partial charge in [-0.25, -0.2) is 4.98 Å². The Labute approximate surface area is 134 Å². The van der Waals surface area contributed by atoms with E-state index in [2.05, 4.69) is 17.2 Å². The molecule has 2 saturated carbocycles. The maximum absolute atomic E-state index is 11.2. The molecule has 118 valence electrons. The van der Waals surface area contributed by atoms with Crippen LogP contribution in [0.3, 0.4) is 0 Å². The van der Waals surface area contributed by atoms with E-state index in [-0.39, 0.29) is 5.76 Å². The van der Waals surface area contributed by atoms with E-state index in [0.717, 1.165) is 30.0 Å². The highest BCUT2D eigenvalue weighted by Crippen LogP contribution is 2.49. The molecule has 4 atom stereocenters. The van der Waals surface area contributed by atoms with Crippen molar-refractivity contribution in [1.29, 1.82) is 5.26 Å². The highest BCUT2D eigenvalue weighted by Gasteiger charge is 2.42. The number of furan rings is 1. The SMILES string of the molecule is CC1CC(Nc2cc3c(C=O)c(C#N)oc3cn2)CC2CC2C1. The Balaban J connectivity index is 1.61. The van der Waals surface area contributed by atoms with Crippen molar-refractivity contribution >= 4 is 23.1 Å². The Bertz CT molecular complexity index is 802. The van der Waals surface area contributed by atoms with Crippen LogP contribution in [-0.2, 0) is 0 Å². The minimum Gasteiger partial charge on any atom is -0.443 e. The van der Waals surface area contributed by atoms with Crippen LogP contribution in [0.5, 0.6) is 0 Å². The van der Waals surface area contributed by atoms with E-state index in [1.807, 2.05) is 12.1 Å². The molecule has 0 spiro atoms. The summed E-state index contributed by atoms with van der Waals surface area (Å²) in [6.07, 6.45) is 7.34. The van der Waals surface area contributed by atoms with E-state index in [9.17, 15) is 4.79 Å². The van der Waals surface area contributed by atoms with Crippen molar-refractivity contribution in [3.8, 4) is 6.07 Å². The molecule has 2 aromatic heterocycles. The summed E-state index contributed by atoms with van der Waals surface area (Å²) in [5.74, 6) is 3.34. The zero-order chi connectivity index (χ0) is 16.0. The molecule has 0 saturated heterocycles. The molecular formula is C18H19N3O2. The van der Waals surface area contributed by atoms with Gasteiger partial charge in [0.2, 0.25) is 5.76 Å². The van der Waals surface area contributed by atoms with Crippen LogP contribution in [-0.4, -0.2) is 17.3 Å². The van der Waals surface area contributed by atoms with Crippen LogP contribution in [0.4, 0.5) is 5.82 Å². The summed E-state index contributed by atoms with van der Waals surface area (Å²) in [6, 6.07) is 4.16. The third-order valence-electron chi connectivity index (χ3n) is 5.23. The normalized spacial score (nSPS) is 29.4. The van der Waals surface area contributed by atoms with Gasteiger partial charge in [0, 0.05) is 11.4 Å². The first kappa shape index (κ1) is 14.3. The number of carbonyl (C=O) groups excluding carboxylic acids is 1. The van der Waals surface area contributed by atoms with Crippen LogP contribution in [0.1, 0.15) is 48.7 Å². The van der Waals surface area contributed by atoms with Crippen LogP contribution in [0.25, 0.3) is 11.0 Å². The van der Waals surface area contributed by atoms with Crippen LogP contribution in [0.2, 0.25) is 0 Å². The second-order valence-electron chi connectivity index (χ2n) is 7.05. The maximum atomic E-state index is 11.2. The molecular weight excluding hydrogens is 290 g/mol. The molecule has 5 heteroatoms. The minimum atomic E-state index is 0.0536. The average Bonchev–Trinajstić information content (AvgIpc) is 3.16. The second kappa shape index (κ2) is 5.38. The number of hydrogen-bond donors (Lipinski definition) is 1. The quantitative estimate of drug-likeness (QED) is 0.874. The summed E-state index contributed by atoms with van der Waals surface area (Å²) in [5, 5.41) is 13.2. The third kappa shape index (κ3) is 2.59. The largest absolute Gasteiger partial charge is 0.443 e.